The van der Waals surface area contributed by atoms with E-state index in [-0.39, 0.29) is 18.5 Å². The number of anilines is 1. The van der Waals surface area contributed by atoms with Crippen LogP contribution in [-0.4, -0.2) is 72.3 Å². The van der Waals surface area contributed by atoms with Gasteiger partial charge in [0, 0.05) is 54.9 Å². The summed E-state index contributed by atoms with van der Waals surface area (Å²) in [6, 6.07) is 12.3. The number of nitrogens with zero attached hydrogens (tertiary/aromatic N) is 2. The molecule has 1 atom stereocenters. The number of hydrogen-bond donors (Lipinski definition) is 3. The molecule has 1 aromatic heterocycles. The molecule has 3 heterocycles. The molecule has 0 unspecified atom stereocenters. The van der Waals surface area contributed by atoms with Gasteiger partial charge in [-0.2, -0.15) is 0 Å². The zero-order valence-corrected chi connectivity index (χ0v) is 19.4. The zero-order valence-electron chi connectivity index (χ0n) is 19.4. The molecule has 2 aromatic carbocycles. The second-order valence-corrected chi connectivity index (χ2v) is 8.97. The molecule has 3 aromatic rings. The van der Waals surface area contributed by atoms with Crippen LogP contribution >= 0.6 is 0 Å². The lowest BCUT2D eigenvalue weighted by atomic mass is 9.69. The lowest BCUT2D eigenvalue weighted by Gasteiger charge is -2.55. The molecule has 5 rings (SSSR count). The maximum Gasteiger partial charge on any atom is 0.321 e. The van der Waals surface area contributed by atoms with Gasteiger partial charge in [-0.05, 0) is 42.0 Å². The summed E-state index contributed by atoms with van der Waals surface area (Å²) >= 11 is 0. The van der Waals surface area contributed by atoms with Gasteiger partial charge >= 0.3 is 6.03 Å². The van der Waals surface area contributed by atoms with Crippen molar-refractivity contribution in [3.8, 4) is 11.5 Å². The Morgan fingerprint density at radius 2 is 1.76 bits per heavy atom. The van der Waals surface area contributed by atoms with E-state index in [4.69, 9.17) is 9.47 Å². The standard InChI is InChI=1S/C25H28N4O5/c1-15(31)29-14-25(12-28(13-25)24(32)26-16-4-6-17(33-2)7-5-16)22-19-9-8-18(34-3)10-20(19)27-23(22)21(29)11-30/h4-10,21,27,30H,11-14H2,1-3H3,(H,26,32)/t21-/m0/s1. The van der Waals surface area contributed by atoms with Crippen molar-refractivity contribution in [2.75, 3.05) is 45.8 Å². The third-order valence-corrected chi connectivity index (χ3v) is 6.94. The van der Waals surface area contributed by atoms with E-state index >= 15 is 0 Å². The number of amides is 3. The predicted molar refractivity (Wildman–Crippen MR) is 127 cm³/mol. The molecule has 178 valence electrons. The van der Waals surface area contributed by atoms with Crippen molar-refractivity contribution in [1.29, 1.82) is 0 Å². The van der Waals surface area contributed by atoms with Crippen molar-refractivity contribution in [2.24, 2.45) is 0 Å². The average Bonchev–Trinajstić information content (AvgIpc) is 3.20. The molecule has 3 amide bonds. The molecular weight excluding hydrogens is 436 g/mol. The molecule has 1 spiro atoms. The highest BCUT2D eigenvalue weighted by Crippen LogP contribution is 2.48. The van der Waals surface area contributed by atoms with Crippen LogP contribution in [0.5, 0.6) is 11.5 Å². The van der Waals surface area contributed by atoms with Crippen molar-refractivity contribution >= 4 is 28.5 Å². The Morgan fingerprint density at radius 1 is 1.09 bits per heavy atom. The number of urea groups is 1. The van der Waals surface area contributed by atoms with Crippen LogP contribution in [0.2, 0.25) is 0 Å². The number of aliphatic hydroxyl groups is 1. The van der Waals surface area contributed by atoms with Gasteiger partial charge in [-0.1, -0.05) is 0 Å². The van der Waals surface area contributed by atoms with Crippen LogP contribution in [0.3, 0.4) is 0 Å². The first-order chi connectivity index (χ1) is 16.4. The number of nitrogens with one attached hydrogen (secondary N) is 2. The van der Waals surface area contributed by atoms with E-state index in [1.807, 2.05) is 18.2 Å². The van der Waals surface area contributed by atoms with E-state index < -0.39 is 11.5 Å². The Morgan fingerprint density at radius 3 is 2.38 bits per heavy atom. The van der Waals surface area contributed by atoms with Crippen LogP contribution in [0.1, 0.15) is 24.2 Å². The number of carbonyl (C=O) groups excluding carboxylic acids is 2. The van der Waals surface area contributed by atoms with Crippen LogP contribution in [-0.2, 0) is 10.2 Å². The number of H-pyrrole nitrogens is 1. The molecule has 2 aliphatic heterocycles. The number of hydrogen-bond acceptors (Lipinski definition) is 5. The zero-order chi connectivity index (χ0) is 24.0. The SMILES string of the molecule is COc1ccc(NC(=O)N2CC3(C2)CN(C(C)=O)[C@@H](CO)c2[nH]c4cc(OC)ccc4c23)cc1. The van der Waals surface area contributed by atoms with Gasteiger partial charge in [-0.3, -0.25) is 4.79 Å². The minimum Gasteiger partial charge on any atom is -0.497 e. The number of benzene rings is 2. The number of aromatic nitrogens is 1. The highest BCUT2D eigenvalue weighted by Gasteiger charge is 2.54. The van der Waals surface area contributed by atoms with E-state index in [2.05, 4.69) is 10.3 Å². The van der Waals surface area contributed by atoms with Crippen LogP contribution < -0.4 is 14.8 Å². The quantitative estimate of drug-likeness (QED) is 0.551. The van der Waals surface area contributed by atoms with Gasteiger partial charge in [0.1, 0.15) is 11.5 Å². The number of methoxy groups -OCH3 is 2. The third-order valence-electron chi connectivity index (χ3n) is 6.94. The van der Waals surface area contributed by atoms with Crippen molar-refractivity contribution in [2.45, 2.75) is 18.4 Å². The summed E-state index contributed by atoms with van der Waals surface area (Å²) < 4.78 is 10.5. The van der Waals surface area contributed by atoms with Crippen molar-refractivity contribution < 1.29 is 24.2 Å². The smallest absolute Gasteiger partial charge is 0.321 e. The maximum atomic E-state index is 12.9. The van der Waals surface area contributed by atoms with Crippen molar-refractivity contribution in [3.63, 3.8) is 0 Å². The number of likely N-dealkylation sites (tertiary alicyclic amines) is 1. The van der Waals surface area contributed by atoms with E-state index in [0.29, 0.717) is 25.3 Å². The number of rotatable bonds is 4. The van der Waals surface area contributed by atoms with Gasteiger partial charge in [0.2, 0.25) is 5.91 Å². The maximum absolute atomic E-state index is 12.9. The van der Waals surface area contributed by atoms with Gasteiger partial charge in [0.15, 0.2) is 0 Å². The van der Waals surface area contributed by atoms with Crippen LogP contribution in [0, 0.1) is 0 Å². The minimum absolute atomic E-state index is 0.110. The Labute approximate surface area is 197 Å². The molecule has 9 heteroatoms. The lowest BCUT2D eigenvalue weighted by Crippen LogP contribution is -2.68. The number of carbonyl (C=O) groups is 2. The lowest BCUT2D eigenvalue weighted by molar-refractivity contribution is -0.135. The molecule has 9 nitrogen and oxygen atoms in total. The van der Waals surface area contributed by atoms with Gasteiger partial charge in [0.25, 0.3) is 0 Å². The molecule has 2 aliphatic rings. The van der Waals surface area contributed by atoms with Crippen molar-refractivity contribution in [1.82, 2.24) is 14.8 Å². The second-order valence-electron chi connectivity index (χ2n) is 8.97. The summed E-state index contributed by atoms with van der Waals surface area (Å²) in [4.78, 5) is 32.3. The number of aliphatic hydroxyl groups excluding tert-OH is 1. The van der Waals surface area contributed by atoms with E-state index in [9.17, 15) is 14.7 Å². The summed E-state index contributed by atoms with van der Waals surface area (Å²) in [5.41, 5.74) is 3.03. The minimum atomic E-state index is -0.460. The second kappa shape index (κ2) is 8.25. The van der Waals surface area contributed by atoms with Gasteiger partial charge < -0.3 is 34.7 Å². The fraction of sp³-hybridized carbons (Fsp3) is 0.360. The van der Waals surface area contributed by atoms with E-state index in [1.54, 1.807) is 48.3 Å². The predicted octanol–water partition coefficient (Wildman–Crippen LogP) is 2.87. The highest BCUT2D eigenvalue weighted by atomic mass is 16.5. The fourth-order valence-corrected chi connectivity index (χ4v) is 5.30. The van der Waals surface area contributed by atoms with Gasteiger partial charge in [-0.15, -0.1) is 0 Å². The third kappa shape index (κ3) is 3.43. The van der Waals surface area contributed by atoms with Crippen molar-refractivity contribution in [3.05, 3.63) is 53.7 Å². The fourth-order valence-electron chi connectivity index (χ4n) is 5.30. The van der Waals surface area contributed by atoms with Crippen LogP contribution in [0.4, 0.5) is 10.5 Å². The van der Waals surface area contributed by atoms with Gasteiger partial charge in [-0.25, -0.2) is 4.79 Å². The van der Waals surface area contributed by atoms with Gasteiger partial charge in [0.05, 0.1) is 32.3 Å². The summed E-state index contributed by atoms with van der Waals surface area (Å²) in [7, 11) is 3.21. The van der Waals surface area contributed by atoms with Crippen LogP contribution in [0.25, 0.3) is 10.9 Å². The molecule has 34 heavy (non-hydrogen) atoms. The number of ether oxygens (including phenoxy) is 2. The first kappa shape index (κ1) is 22.1. The van der Waals surface area contributed by atoms with Crippen LogP contribution in [0.15, 0.2) is 42.5 Å². The summed E-state index contributed by atoms with van der Waals surface area (Å²) in [6.07, 6.45) is 0. The summed E-state index contributed by atoms with van der Waals surface area (Å²) in [5, 5.41) is 14.1. The largest absolute Gasteiger partial charge is 0.497 e. The molecule has 1 fully saturated rings. The topological polar surface area (TPSA) is 107 Å². The Balaban J connectivity index is 1.47. The molecule has 0 radical (unpaired) electrons. The molecular formula is C25H28N4O5. The first-order valence-electron chi connectivity index (χ1n) is 11.2. The number of aromatic amines is 1. The Kier molecular flexibility index (Phi) is 5.36. The molecule has 3 N–H and O–H groups in total. The first-order valence-corrected chi connectivity index (χ1v) is 11.2. The number of fused-ring (bicyclic) bond motifs is 4. The molecule has 0 aliphatic carbocycles. The molecule has 1 saturated heterocycles. The molecule has 0 bridgehead atoms. The Bertz CT molecular complexity index is 1250. The molecule has 0 saturated carbocycles. The summed E-state index contributed by atoms with van der Waals surface area (Å²) in [5.74, 6) is 1.33. The Hall–Kier alpha value is -3.72. The average molecular weight is 465 g/mol. The normalized spacial score (nSPS) is 18.4. The van der Waals surface area contributed by atoms with E-state index in [0.717, 1.165) is 33.7 Å². The van der Waals surface area contributed by atoms with E-state index in [1.165, 1.54) is 6.92 Å². The summed E-state index contributed by atoms with van der Waals surface area (Å²) in [6.45, 7) is 2.69. The monoisotopic (exact) mass is 464 g/mol. The highest BCUT2D eigenvalue weighted by molar-refractivity contribution is 5.92.